The summed E-state index contributed by atoms with van der Waals surface area (Å²) >= 11 is 0. The molecule has 11 nitrogen and oxygen atoms in total. The number of fused-ring (bicyclic) bond motifs is 1. The van der Waals surface area contributed by atoms with Gasteiger partial charge in [-0.05, 0) is 12.0 Å². The summed E-state index contributed by atoms with van der Waals surface area (Å²) in [6.07, 6.45) is 1.31. The van der Waals surface area contributed by atoms with Crippen LogP contribution in [-0.2, 0) is 25.1 Å². The van der Waals surface area contributed by atoms with Gasteiger partial charge < -0.3 is 9.67 Å². The highest BCUT2D eigenvalue weighted by atomic mass is 16.4. The zero-order valence-corrected chi connectivity index (χ0v) is 11.7. The van der Waals surface area contributed by atoms with E-state index in [-0.39, 0.29) is 37.2 Å². The third-order valence-electron chi connectivity index (χ3n) is 3.15. The number of azide groups is 1. The highest BCUT2D eigenvalue weighted by molar-refractivity contribution is 5.70. The molecule has 2 aromatic rings. The SMILES string of the molecule is Cn1c(=O)n(CCCC(=O)O)c(=O)c2c1ncn2CN=[N+]=[N-]. The second-order valence-electron chi connectivity index (χ2n) is 4.55. The van der Waals surface area contributed by atoms with E-state index >= 15 is 0 Å². The van der Waals surface area contributed by atoms with E-state index in [1.807, 2.05) is 0 Å². The maximum Gasteiger partial charge on any atom is 0.332 e. The first-order valence-electron chi connectivity index (χ1n) is 6.34. The van der Waals surface area contributed by atoms with Gasteiger partial charge in [0.25, 0.3) is 5.56 Å². The molecule has 22 heavy (non-hydrogen) atoms. The Morgan fingerprint density at radius 1 is 1.50 bits per heavy atom. The Morgan fingerprint density at radius 3 is 2.86 bits per heavy atom. The van der Waals surface area contributed by atoms with Crippen LogP contribution in [0.4, 0.5) is 0 Å². The van der Waals surface area contributed by atoms with Crippen LogP contribution < -0.4 is 11.2 Å². The lowest BCUT2D eigenvalue weighted by Crippen LogP contribution is -2.39. The number of aromatic nitrogens is 4. The lowest BCUT2D eigenvalue weighted by atomic mass is 10.3. The highest BCUT2D eigenvalue weighted by Gasteiger charge is 2.15. The summed E-state index contributed by atoms with van der Waals surface area (Å²) in [6, 6.07) is 0. The number of imidazole rings is 1. The first-order valence-corrected chi connectivity index (χ1v) is 6.34. The van der Waals surface area contributed by atoms with Crippen molar-refractivity contribution in [2.75, 3.05) is 0 Å². The van der Waals surface area contributed by atoms with Crippen LogP contribution in [-0.4, -0.2) is 29.8 Å². The summed E-state index contributed by atoms with van der Waals surface area (Å²) in [4.78, 5) is 41.7. The molecule has 0 aliphatic rings. The number of carboxylic acids is 1. The average Bonchev–Trinajstić information content (AvgIpc) is 2.90. The topological polar surface area (TPSA) is 148 Å². The van der Waals surface area contributed by atoms with Crippen LogP contribution in [0.2, 0.25) is 0 Å². The van der Waals surface area contributed by atoms with Gasteiger partial charge in [0.15, 0.2) is 11.2 Å². The van der Waals surface area contributed by atoms with Gasteiger partial charge in [0.1, 0.15) is 6.67 Å². The van der Waals surface area contributed by atoms with Crippen LogP contribution in [0.15, 0.2) is 21.0 Å². The molecule has 2 rings (SSSR count). The van der Waals surface area contributed by atoms with Crippen molar-refractivity contribution in [3.05, 3.63) is 37.6 Å². The Labute approximate surface area is 122 Å². The molecule has 2 aromatic heterocycles. The molecule has 1 N–H and O–H groups in total. The number of aryl methyl sites for hydroxylation is 1. The first kappa shape index (κ1) is 15.3. The van der Waals surface area contributed by atoms with Crippen LogP contribution >= 0.6 is 0 Å². The number of aliphatic carboxylic acids is 1. The maximum absolute atomic E-state index is 12.4. The number of rotatable bonds is 6. The molecular formula is C11H13N7O4. The lowest BCUT2D eigenvalue weighted by molar-refractivity contribution is -0.137. The molecule has 2 heterocycles. The minimum atomic E-state index is -1.00. The number of hydrogen-bond donors (Lipinski definition) is 1. The molecule has 0 aliphatic carbocycles. The van der Waals surface area contributed by atoms with E-state index in [0.29, 0.717) is 0 Å². The second-order valence-corrected chi connectivity index (χ2v) is 4.55. The van der Waals surface area contributed by atoms with E-state index in [2.05, 4.69) is 15.0 Å². The maximum atomic E-state index is 12.4. The van der Waals surface area contributed by atoms with Crippen LogP contribution in [0.5, 0.6) is 0 Å². The van der Waals surface area contributed by atoms with Gasteiger partial charge in [0, 0.05) is 24.9 Å². The fraction of sp³-hybridized carbons (Fsp3) is 0.455. The fourth-order valence-electron chi connectivity index (χ4n) is 2.11. The van der Waals surface area contributed by atoms with Crippen molar-refractivity contribution in [3.8, 4) is 0 Å². The van der Waals surface area contributed by atoms with Crippen molar-refractivity contribution in [3.63, 3.8) is 0 Å². The summed E-state index contributed by atoms with van der Waals surface area (Å²) in [5.41, 5.74) is 7.51. The molecule has 0 fully saturated rings. The molecule has 0 aromatic carbocycles. The van der Waals surface area contributed by atoms with E-state index < -0.39 is 17.2 Å². The Bertz CT molecular complexity index is 884. The minimum Gasteiger partial charge on any atom is -0.481 e. The second kappa shape index (κ2) is 6.14. The standard InChI is InChI=1S/C11H13N7O4/c1-16-9-8(17(5-13-9)6-14-15-12)10(21)18(11(16)22)4-2-3-7(19)20/h5H,2-4,6H2,1H3,(H,19,20). The van der Waals surface area contributed by atoms with Gasteiger partial charge >= 0.3 is 11.7 Å². The molecule has 11 heteroatoms. The summed E-state index contributed by atoms with van der Waals surface area (Å²) in [6.45, 7) is -0.143. The van der Waals surface area contributed by atoms with E-state index in [1.165, 1.54) is 22.5 Å². The van der Waals surface area contributed by atoms with Crippen LogP contribution in [0.25, 0.3) is 21.6 Å². The quantitative estimate of drug-likeness (QED) is 0.454. The van der Waals surface area contributed by atoms with Gasteiger partial charge in [-0.3, -0.25) is 18.7 Å². The number of carboxylic acid groups (broad SMARTS) is 1. The Balaban J connectivity index is 2.56. The fourth-order valence-corrected chi connectivity index (χ4v) is 2.11. The molecule has 0 amide bonds. The van der Waals surface area contributed by atoms with Crippen molar-refractivity contribution in [2.24, 2.45) is 12.2 Å². The minimum absolute atomic E-state index is 0.0134. The summed E-state index contributed by atoms with van der Waals surface area (Å²) in [7, 11) is 1.46. The average molecular weight is 307 g/mol. The number of hydrogen-bond acceptors (Lipinski definition) is 5. The third kappa shape index (κ3) is 2.69. The van der Waals surface area contributed by atoms with Crippen molar-refractivity contribution in [2.45, 2.75) is 26.1 Å². The smallest absolute Gasteiger partial charge is 0.332 e. The molecule has 116 valence electrons. The Hall–Kier alpha value is -3.07. The van der Waals surface area contributed by atoms with Crippen molar-refractivity contribution >= 4 is 17.1 Å². The molecule has 0 spiro atoms. The van der Waals surface area contributed by atoms with E-state index in [4.69, 9.17) is 10.6 Å². The third-order valence-corrected chi connectivity index (χ3v) is 3.15. The normalized spacial score (nSPS) is 10.6. The molecule has 0 unspecified atom stereocenters. The predicted molar refractivity (Wildman–Crippen MR) is 75.2 cm³/mol. The Kier molecular flexibility index (Phi) is 4.28. The summed E-state index contributed by atoms with van der Waals surface area (Å²) in [5, 5.41) is 12.0. The molecular weight excluding hydrogens is 294 g/mol. The van der Waals surface area contributed by atoms with Crippen LogP contribution in [0, 0.1) is 0 Å². The predicted octanol–water partition coefficient (Wildman–Crippen LogP) is 0.0293. The van der Waals surface area contributed by atoms with Crippen molar-refractivity contribution in [1.29, 1.82) is 0 Å². The first-order chi connectivity index (χ1) is 10.5. The van der Waals surface area contributed by atoms with Gasteiger partial charge in [-0.25, -0.2) is 9.78 Å². The molecule has 0 saturated heterocycles. The van der Waals surface area contributed by atoms with Gasteiger partial charge in [-0.1, -0.05) is 5.11 Å². The summed E-state index contributed by atoms with van der Waals surface area (Å²) < 4.78 is 3.49. The monoisotopic (exact) mass is 307 g/mol. The number of carbonyl (C=O) groups is 1. The van der Waals surface area contributed by atoms with Crippen LogP contribution in [0.1, 0.15) is 12.8 Å². The molecule has 0 radical (unpaired) electrons. The van der Waals surface area contributed by atoms with E-state index in [0.717, 1.165) is 4.57 Å². The zero-order chi connectivity index (χ0) is 16.3. The van der Waals surface area contributed by atoms with E-state index in [1.54, 1.807) is 0 Å². The van der Waals surface area contributed by atoms with Crippen LogP contribution in [0.3, 0.4) is 0 Å². The molecule has 0 bridgehead atoms. The van der Waals surface area contributed by atoms with E-state index in [9.17, 15) is 14.4 Å². The lowest BCUT2D eigenvalue weighted by Gasteiger charge is -2.08. The van der Waals surface area contributed by atoms with Crippen molar-refractivity contribution < 1.29 is 9.90 Å². The van der Waals surface area contributed by atoms with Gasteiger partial charge in [0.05, 0.1) is 6.33 Å². The van der Waals surface area contributed by atoms with Crippen molar-refractivity contribution in [1.82, 2.24) is 18.7 Å². The molecule has 0 aliphatic heterocycles. The largest absolute Gasteiger partial charge is 0.481 e. The highest BCUT2D eigenvalue weighted by Crippen LogP contribution is 2.06. The molecule has 0 atom stereocenters. The summed E-state index contributed by atoms with van der Waals surface area (Å²) in [5.74, 6) is -1.00. The molecule has 0 saturated carbocycles. The van der Waals surface area contributed by atoms with Gasteiger partial charge in [0.2, 0.25) is 0 Å². The van der Waals surface area contributed by atoms with Gasteiger partial charge in [-0.15, -0.1) is 0 Å². The Morgan fingerprint density at radius 2 is 2.23 bits per heavy atom. The van der Waals surface area contributed by atoms with Gasteiger partial charge in [-0.2, -0.15) is 0 Å². The number of nitrogens with zero attached hydrogens (tertiary/aromatic N) is 7. The zero-order valence-electron chi connectivity index (χ0n) is 11.7.